The summed E-state index contributed by atoms with van der Waals surface area (Å²) in [6.45, 7) is 0.385. The van der Waals surface area contributed by atoms with Crippen LogP contribution in [0.2, 0.25) is 5.02 Å². The van der Waals surface area contributed by atoms with E-state index in [4.69, 9.17) is 16.7 Å². The Labute approximate surface area is 120 Å². The number of nitrogens with zero attached hydrogens (tertiary/aromatic N) is 1. The summed E-state index contributed by atoms with van der Waals surface area (Å²) in [6.07, 6.45) is 0. The molecule has 0 radical (unpaired) electrons. The molecule has 0 unspecified atom stereocenters. The fourth-order valence-electron chi connectivity index (χ4n) is 2.46. The number of alkyl halides is 2. The van der Waals surface area contributed by atoms with Crippen LogP contribution in [-0.4, -0.2) is 48.7 Å². The van der Waals surface area contributed by atoms with Gasteiger partial charge in [-0.2, -0.15) is 0 Å². The van der Waals surface area contributed by atoms with E-state index in [-0.39, 0.29) is 10.6 Å². The van der Waals surface area contributed by atoms with Gasteiger partial charge in [0.15, 0.2) is 0 Å². The van der Waals surface area contributed by atoms with E-state index in [1.165, 1.54) is 17.0 Å². The number of hydrogen-bond donors (Lipinski definition) is 2. The lowest BCUT2D eigenvalue weighted by Gasteiger charge is -2.39. The van der Waals surface area contributed by atoms with E-state index in [2.05, 4.69) is 5.32 Å². The van der Waals surface area contributed by atoms with Crippen molar-refractivity contribution in [1.29, 1.82) is 0 Å². The SMILES string of the molecule is OCC(F)(F)[C@@H](c1c(F)cccc1Cl)N1CCNCC1. The van der Waals surface area contributed by atoms with Gasteiger partial charge < -0.3 is 10.4 Å². The van der Waals surface area contributed by atoms with Crippen molar-refractivity contribution in [3.8, 4) is 0 Å². The zero-order chi connectivity index (χ0) is 14.8. The molecule has 20 heavy (non-hydrogen) atoms. The third kappa shape index (κ3) is 3.09. The molecule has 112 valence electrons. The van der Waals surface area contributed by atoms with Gasteiger partial charge in [-0.25, -0.2) is 13.2 Å². The predicted octanol–water partition coefficient (Wildman–Crippen LogP) is 2.05. The summed E-state index contributed by atoms with van der Waals surface area (Å²) in [5.74, 6) is -4.25. The molecule has 0 spiro atoms. The van der Waals surface area contributed by atoms with Crippen LogP contribution in [0.3, 0.4) is 0 Å². The van der Waals surface area contributed by atoms with Crippen molar-refractivity contribution in [2.24, 2.45) is 0 Å². The van der Waals surface area contributed by atoms with Crippen LogP contribution < -0.4 is 5.32 Å². The molecule has 1 aromatic rings. The fraction of sp³-hybridized carbons (Fsp3) is 0.538. The molecule has 1 fully saturated rings. The molecule has 1 aliphatic rings. The van der Waals surface area contributed by atoms with Gasteiger partial charge in [0.2, 0.25) is 0 Å². The average Bonchev–Trinajstić information content (AvgIpc) is 2.43. The molecule has 1 aromatic carbocycles. The Morgan fingerprint density at radius 2 is 2.00 bits per heavy atom. The summed E-state index contributed by atoms with van der Waals surface area (Å²) in [6, 6.07) is 2.28. The number of rotatable bonds is 4. The monoisotopic (exact) mass is 308 g/mol. The minimum atomic E-state index is -3.47. The lowest BCUT2D eigenvalue weighted by Crippen LogP contribution is -2.51. The molecule has 3 nitrogen and oxygen atoms in total. The molecule has 1 aliphatic heterocycles. The van der Waals surface area contributed by atoms with Crippen molar-refractivity contribution >= 4 is 11.6 Å². The molecule has 1 saturated heterocycles. The highest BCUT2D eigenvalue weighted by Gasteiger charge is 2.46. The summed E-state index contributed by atoms with van der Waals surface area (Å²) >= 11 is 5.91. The van der Waals surface area contributed by atoms with Gasteiger partial charge >= 0.3 is 0 Å². The molecule has 0 aromatic heterocycles. The number of aliphatic hydroxyl groups is 1. The molecule has 2 N–H and O–H groups in total. The average molecular weight is 309 g/mol. The van der Waals surface area contributed by atoms with Crippen molar-refractivity contribution in [1.82, 2.24) is 10.2 Å². The minimum absolute atomic E-state index is 0.0540. The van der Waals surface area contributed by atoms with Crippen molar-refractivity contribution in [2.45, 2.75) is 12.0 Å². The Balaban J connectivity index is 2.45. The highest BCUT2D eigenvalue weighted by Crippen LogP contribution is 2.40. The van der Waals surface area contributed by atoms with Gasteiger partial charge in [0.05, 0.1) is 0 Å². The normalized spacial score (nSPS) is 19.1. The first kappa shape index (κ1) is 15.6. The third-order valence-electron chi connectivity index (χ3n) is 3.40. The Morgan fingerprint density at radius 3 is 2.55 bits per heavy atom. The standard InChI is InChI=1S/C13H16ClF3N2O/c14-9-2-1-3-10(15)11(9)12(13(16,17)8-20)19-6-4-18-5-7-19/h1-3,12,18,20H,4-8H2/t12-/m1/s1. The van der Waals surface area contributed by atoms with Gasteiger partial charge in [-0.15, -0.1) is 0 Å². The van der Waals surface area contributed by atoms with Crippen LogP contribution in [-0.2, 0) is 0 Å². The summed E-state index contributed by atoms with van der Waals surface area (Å²) in [5.41, 5.74) is -0.255. The molecule has 0 bridgehead atoms. The topological polar surface area (TPSA) is 35.5 Å². The Bertz CT molecular complexity index is 447. The van der Waals surface area contributed by atoms with Crippen LogP contribution in [0, 0.1) is 5.82 Å². The second-order valence-corrected chi connectivity index (χ2v) is 5.15. The Morgan fingerprint density at radius 1 is 1.35 bits per heavy atom. The maximum Gasteiger partial charge on any atom is 0.290 e. The largest absolute Gasteiger partial charge is 0.390 e. The van der Waals surface area contributed by atoms with Crippen molar-refractivity contribution < 1.29 is 18.3 Å². The van der Waals surface area contributed by atoms with Gasteiger partial charge in [-0.05, 0) is 12.1 Å². The van der Waals surface area contributed by atoms with Gasteiger partial charge in [-0.3, -0.25) is 4.90 Å². The lowest BCUT2D eigenvalue weighted by atomic mass is 9.97. The first-order valence-corrected chi connectivity index (χ1v) is 6.72. The first-order chi connectivity index (χ1) is 9.47. The number of benzene rings is 1. The van der Waals surface area contributed by atoms with Crippen LogP contribution in [0.4, 0.5) is 13.2 Å². The summed E-state index contributed by atoms with van der Waals surface area (Å²) in [5, 5.41) is 12.0. The number of hydrogen-bond acceptors (Lipinski definition) is 3. The van der Waals surface area contributed by atoms with Crippen LogP contribution in [0.15, 0.2) is 18.2 Å². The van der Waals surface area contributed by atoms with Crippen molar-refractivity contribution in [3.05, 3.63) is 34.6 Å². The van der Waals surface area contributed by atoms with Gasteiger partial charge in [0.25, 0.3) is 5.92 Å². The minimum Gasteiger partial charge on any atom is -0.390 e. The van der Waals surface area contributed by atoms with Gasteiger partial charge in [0.1, 0.15) is 18.5 Å². The number of halogens is 4. The number of nitrogens with one attached hydrogen (secondary N) is 1. The molecule has 1 heterocycles. The van der Waals surface area contributed by atoms with Crippen LogP contribution in [0.5, 0.6) is 0 Å². The third-order valence-corrected chi connectivity index (χ3v) is 3.73. The second kappa shape index (κ2) is 6.30. The van der Waals surface area contributed by atoms with E-state index in [0.29, 0.717) is 26.2 Å². The molecular formula is C13H16ClF3N2O. The zero-order valence-electron chi connectivity index (χ0n) is 10.8. The maximum atomic E-state index is 14.1. The van der Waals surface area contributed by atoms with E-state index in [0.717, 1.165) is 6.07 Å². The second-order valence-electron chi connectivity index (χ2n) is 4.74. The Hall–Kier alpha value is -0.820. The number of piperazine rings is 1. The molecule has 0 aliphatic carbocycles. The Kier molecular flexibility index (Phi) is 4.90. The lowest BCUT2D eigenvalue weighted by molar-refractivity contribution is -0.119. The fourth-order valence-corrected chi connectivity index (χ4v) is 2.73. The van der Waals surface area contributed by atoms with Crippen molar-refractivity contribution in [3.63, 3.8) is 0 Å². The van der Waals surface area contributed by atoms with Gasteiger partial charge in [0, 0.05) is 36.8 Å². The summed E-state index contributed by atoms with van der Waals surface area (Å²) in [4.78, 5) is 1.46. The molecule has 2 rings (SSSR count). The molecular weight excluding hydrogens is 293 g/mol. The maximum absolute atomic E-state index is 14.1. The predicted molar refractivity (Wildman–Crippen MR) is 70.6 cm³/mol. The summed E-state index contributed by atoms with van der Waals surface area (Å²) in [7, 11) is 0. The molecule has 0 amide bonds. The smallest absolute Gasteiger partial charge is 0.290 e. The van der Waals surface area contributed by atoms with Gasteiger partial charge in [-0.1, -0.05) is 17.7 Å². The van der Waals surface area contributed by atoms with Crippen molar-refractivity contribution in [2.75, 3.05) is 32.8 Å². The highest BCUT2D eigenvalue weighted by molar-refractivity contribution is 6.31. The van der Waals surface area contributed by atoms with E-state index < -0.39 is 24.4 Å². The van der Waals surface area contributed by atoms with Crippen LogP contribution in [0.25, 0.3) is 0 Å². The molecule has 0 saturated carbocycles. The molecule has 7 heteroatoms. The summed E-state index contributed by atoms with van der Waals surface area (Å²) < 4.78 is 42.2. The van der Waals surface area contributed by atoms with E-state index in [1.807, 2.05) is 0 Å². The quantitative estimate of drug-likeness (QED) is 0.894. The van der Waals surface area contributed by atoms with E-state index in [9.17, 15) is 13.2 Å². The number of aliphatic hydroxyl groups excluding tert-OH is 1. The van der Waals surface area contributed by atoms with E-state index in [1.54, 1.807) is 0 Å². The van der Waals surface area contributed by atoms with E-state index >= 15 is 0 Å². The molecule has 1 atom stereocenters. The van der Waals surface area contributed by atoms with Crippen LogP contribution in [0.1, 0.15) is 11.6 Å². The highest BCUT2D eigenvalue weighted by atomic mass is 35.5. The zero-order valence-corrected chi connectivity index (χ0v) is 11.5. The van der Waals surface area contributed by atoms with Crippen LogP contribution >= 0.6 is 11.6 Å². The first-order valence-electron chi connectivity index (χ1n) is 6.34.